The topological polar surface area (TPSA) is 77.7 Å². The van der Waals surface area contributed by atoms with Gasteiger partial charge in [-0.05, 0) is 23.6 Å². The van der Waals surface area contributed by atoms with Gasteiger partial charge in [0, 0.05) is 25.3 Å². The molecule has 0 bridgehead atoms. The summed E-state index contributed by atoms with van der Waals surface area (Å²) in [6.07, 6.45) is 3.23. The maximum atomic E-state index is 12.7. The maximum Gasteiger partial charge on any atom is 0.257 e. The van der Waals surface area contributed by atoms with Gasteiger partial charge in [-0.25, -0.2) is 0 Å². The monoisotopic (exact) mass is 399 g/mol. The Morgan fingerprint density at radius 2 is 2.07 bits per heavy atom. The van der Waals surface area contributed by atoms with Gasteiger partial charge in [-0.3, -0.25) is 4.79 Å². The molecule has 0 unspecified atom stereocenters. The summed E-state index contributed by atoms with van der Waals surface area (Å²) in [6, 6.07) is 11.3. The van der Waals surface area contributed by atoms with Crippen LogP contribution in [-0.4, -0.2) is 48.4 Å². The summed E-state index contributed by atoms with van der Waals surface area (Å²) < 4.78 is 16.1. The van der Waals surface area contributed by atoms with Crippen LogP contribution in [0.25, 0.3) is 16.8 Å². The zero-order valence-electron chi connectivity index (χ0n) is 15.7. The highest BCUT2D eigenvalue weighted by molar-refractivity contribution is 7.13. The van der Waals surface area contributed by atoms with E-state index in [2.05, 4.69) is 10.2 Å². The van der Waals surface area contributed by atoms with Crippen LogP contribution in [-0.2, 0) is 16.1 Å². The lowest BCUT2D eigenvalue weighted by molar-refractivity contribution is -0.127. The number of nitrogens with zero attached hydrogens (tertiary/aromatic N) is 3. The minimum absolute atomic E-state index is 0.182. The molecule has 0 N–H and O–H groups in total. The van der Waals surface area contributed by atoms with E-state index >= 15 is 0 Å². The molecule has 2 heterocycles. The van der Waals surface area contributed by atoms with Crippen molar-refractivity contribution in [1.82, 2.24) is 15.1 Å². The second-order valence-corrected chi connectivity index (χ2v) is 6.75. The van der Waals surface area contributed by atoms with Crippen molar-refractivity contribution >= 4 is 23.3 Å². The lowest BCUT2D eigenvalue weighted by Crippen LogP contribution is -2.32. The first-order valence-corrected chi connectivity index (χ1v) is 9.54. The predicted molar refractivity (Wildman–Crippen MR) is 107 cm³/mol. The van der Waals surface area contributed by atoms with E-state index in [1.807, 2.05) is 41.8 Å². The number of benzene rings is 1. The van der Waals surface area contributed by atoms with Crippen LogP contribution in [0.2, 0.25) is 0 Å². The highest BCUT2D eigenvalue weighted by Gasteiger charge is 2.16. The second-order valence-electron chi connectivity index (χ2n) is 5.81. The van der Waals surface area contributed by atoms with E-state index in [-0.39, 0.29) is 12.5 Å². The summed E-state index contributed by atoms with van der Waals surface area (Å²) in [7, 11) is 3.19. The third-order valence-electron chi connectivity index (χ3n) is 3.95. The number of aromatic nitrogens is 2. The van der Waals surface area contributed by atoms with Crippen LogP contribution in [0.1, 0.15) is 11.5 Å². The minimum atomic E-state index is -0.182. The van der Waals surface area contributed by atoms with Crippen molar-refractivity contribution in [2.75, 3.05) is 27.4 Å². The van der Waals surface area contributed by atoms with Crippen molar-refractivity contribution in [1.29, 1.82) is 0 Å². The van der Waals surface area contributed by atoms with E-state index in [0.717, 1.165) is 10.4 Å². The molecule has 0 aliphatic carbocycles. The molecule has 7 nitrogen and oxygen atoms in total. The Bertz CT molecular complexity index is 921. The number of methoxy groups -OCH3 is 2. The Hall–Kier alpha value is -2.97. The van der Waals surface area contributed by atoms with Crippen LogP contribution >= 0.6 is 11.3 Å². The van der Waals surface area contributed by atoms with E-state index in [0.29, 0.717) is 30.7 Å². The first-order valence-electron chi connectivity index (χ1n) is 8.66. The Kier molecular flexibility index (Phi) is 6.94. The molecular weight excluding hydrogens is 378 g/mol. The fraction of sp³-hybridized carbons (Fsp3) is 0.250. The van der Waals surface area contributed by atoms with Crippen molar-refractivity contribution < 1.29 is 18.7 Å². The average molecular weight is 399 g/mol. The van der Waals surface area contributed by atoms with E-state index in [1.165, 1.54) is 17.4 Å². The summed E-state index contributed by atoms with van der Waals surface area (Å²) in [4.78, 5) is 15.2. The molecule has 3 aromatic rings. The first kappa shape index (κ1) is 19.8. The van der Waals surface area contributed by atoms with Crippen LogP contribution in [0, 0.1) is 0 Å². The molecule has 0 spiro atoms. The fourth-order valence-corrected chi connectivity index (χ4v) is 3.16. The highest BCUT2D eigenvalue weighted by Crippen LogP contribution is 2.23. The van der Waals surface area contributed by atoms with Gasteiger partial charge >= 0.3 is 0 Å². The van der Waals surface area contributed by atoms with Crippen molar-refractivity contribution in [2.45, 2.75) is 6.54 Å². The zero-order chi connectivity index (χ0) is 19.8. The second kappa shape index (κ2) is 9.82. The van der Waals surface area contributed by atoms with E-state index < -0.39 is 0 Å². The number of thiophene rings is 1. The maximum absolute atomic E-state index is 12.7. The molecule has 2 aromatic heterocycles. The molecule has 1 amide bonds. The standard InChI is InChI=1S/C20H21N3O4S/c1-25-12-11-23(14-18-21-22-20(27-18)17-8-5-13-28-17)19(24)10-9-15-6-3-4-7-16(15)26-2/h3-10,13H,11-12,14H2,1-2H3. The molecule has 0 fully saturated rings. The van der Waals surface area contributed by atoms with Gasteiger partial charge in [0.1, 0.15) is 5.75 Å². The molecule has 146 valence electrons. The van der Waals surface area contributed by atoms with Crippen LogP contribution in [0.3, 0.4) is 0 Å². The normalized spacial score (nSPS) is 11.1. The van der Waals surface area contributed by atoms with Crippen LogP contribution in [0.4, 0.5) is 0 Å². The number of hydrogen-bond donors (Lipinski definition) is 0. The fourth-order valence-electron chi connectivity index (χ4n) is 2.52. The molecular formula is C20H21N3O4S. The molecule has 3 rings (SSSR count). The molecule has 0 atom stereocenters. The SMILES string of the molecule is COCCN(Cc1nnc(-c2cccs2)o1)C(=O)C=Cc1ccccc1OC. The molecule has 0 radical (unpaired) electrons. The van der Waals surface area contributed by atoms with Crippen molar-refractivity contribution in [3.05, 3.63) is 59.3 Å². The Morgan fingerprint density at radius 1 is 1.21 bits per heavy atom. The van der Waals surface area contributed by atoms with E-state index in [9.17, 15) is 4.79 Å². The zero-order valence-corrected chi connectivity index (χ0v) is 16.5. The molecule has 1 aromatic carbocycles. The number of hydrogen-bond acceptors (Lipinski definition) is 7. The summed E-state index contributed by atoms with van der Waals surface area (Å²) >= 11 is 1.52. The number of rotatable bonds is 9. The van der Waals surface area contributed by atoms with Gasteiger partial charge in [-0.15, -0.1) is 21.5 Å². The minimum Gasteiger partial charge on any atom is -0.496 e. The van der Waals surface area contributed by atoms with Crippen LogP contribution in [0.5, 0.6) is 5.75 Å². The summed E-state index contributed by atoms with van der Waals surface area (Å²) in [5, 5.41) is 10.1. The number of carbonyl (C=O) groups is 1. The number of amides is 1. The summed E-state index contributed by atoms with van der Waals surface area (Å²) in [5.74, 6) is 1.35. The summed E-state index contributed by atoms with van der Waals surface area (Å²) in [6.45, 7) is 1.01. The first-order chi connectivity index (χ1) is 13.7. The lowest BCUT2D eigenvalue weighted by Gasteiger charge is -2.18. The quantitative estimate of drug-likeness (QED) is 0.513. The van der Waals surface area contributed by atoms with Gasteiger partial charge in [0.15, 0.2) is 0 Å². The smallest absolute Gasteiger partial charge is 0.257 e. The van der Waals surface area contributed by atoms with Crippen molar-refractivity contribution in [3.63, 3.8) is 0 Å². The molecule has 0 aliphatic heterocycles. The van der Waals surface area contributed by atoms with Gasteiger partial charge in [0.25, 0.3) is 5.89 Å². The van der Waals surface area contributed by atoms with Gasteiger partial charge in [0.05, 0.1) is 25.1 Å². The Balaban J connectivity index is 1.72. The number of ether oxygens (including phenoxy) is 2. The predicted octanol–water partition coefficient (Wildman–Crippen LogP) is 3.50. The third-order valence-corrected chi connectivity index (χ3v) is 4.80. The van der Waals surface area contributed by atoms with E-state index in [4.69, 9.17) is 13.9 Å². The van der Waals surface area contributed by atoms with Gasteiger partial charge in [-0.1, -0.05) is 24.3 Å². The Morgan fingerprint density at radius 3 is 2.82 bits per heavy atom. The summed E-state index contributed by atoms with van der Waals surface area (Å²) in [5.41, 5.74) is 0.822. The van der Waals surface area contributed by atoms with Gasteiger partial charge < -0.3 is 18.8 Å². The van der Waals surface area contributed by atoms with Crippen LogP contribution in [0.15, 0.2) is 52.3 Å². The average Bonchev–Trinajstić information content (AvgIpc) is 3.41. The van der Waals surface area contributed by atoms with Crippen molar-refractivity contribution in [3.8, 4) is 16.5 Å². The molecule has 8 heteroatoms. The van der Waals surface area contributed by atoms with Crippen LogP contribution < -0.4 is 4.74 Å². The molecule has 0 saturated carbocycles. The van der Waals surface area contributed by atoms with Gasteiger partial charge in [-0.2, -0.15) is 0 Å². The number of carbonyl (C=O) groups excluding carboxylic acids is 1. The van der Waals surface area contributed by atoms with Crippen molar-refractivity contribution in [2.24, 2.45) is 0 Å². The lowest BCUT2D eigenvalue weighted by atomic mass is 10.2. The number of para-hydroxylation sites is 1. The molecule has 28 heavy (non-hydrogen) atoms. The van der Waals surface area contributed by atoms with Gasteiger partial charge in [0.2, 0.25) is 11.8 Å². The molecule has 0 aliphatic rings. The largest absolute Gasteiger partial charge is 0.496 e. The Labute approximate surface area is 167 Å². The third kappa shape index (κ3) is 5.05. The molecule has 0 saturated heterocycles. The van der Waals surface area contributed by atoms with E-state index in [1.54, 1.807) is 25.2 Å². The highest BCUT2D eigenvalue weighted by atomic mass is 32.1.